The molecule has 0 radical (unpaired) electrons. The Bertz CT molecular complexity index is 647. The van der Waals surface area contributed by atoms with Crippen molar-refractivity contribution in [1.82, 2.24) is 0 Å². The maximum absolute atomic E-state index is 13.7. The summed E-state index contributed by atoms with van der Waals surface area (Å²) in [6.45, 7) is 0. The summed E-state index contributed by atoms with van der Waals surface area (Å²) in [5, 5.41) is 2.72. The molecule has 0 atom stereocenters. The van der Waals surface area contributed by atoms with E-state index in [1.165, 1.54) is 24.3 Å². The van der Waals surface area contributed by atoms with Gasteiger partial charge < -0.3 is 11.1 Å². The molecule has 0 aromatic heterocycles. The zero-order valence-corrected chi connectivity index (χ0v) is 11.1. The van der Waals surface area contributed by atoms with Gasteiger partial charge in [0, 0.05) is 5.69 Å². The molecule has 0 saturated carbocycles. The zero-order valence-electron chi connectivity index (χ0n) is 9.58. The standard InChI is InChI=1S/C13H9Cl2FN2O/c14-9-3-1-2-8(12(9)16)13(19)18-7-4-5-11(17)10(15)6-7/h1-6H,17H2,(H,18,19). The van der Waals surface area contributed by atoms with Crippen molar-refractivity contribution < 1.29 is 9.18 Å². The molecule has 0 heterocycles. The van der Waals surface area contributed by atoms with Crippen molar-refractivity contribution in [3.05, 3.63) is 57.8 Å². The summed E-state index contributed by atoms with van der Waals surface area (Å²) in [6, 6.07) is 8.81. The fourth-order valence-corrected chi connectivity index (χ4v) is 1.84. The normalized spacial score (nSPS) is 10.3. The highest BCUT2D eigenvalue weighted by Gasteiger charge is 2.14. The number of nitrogens with two attached hydrogens (primary N) is 1. The highest BCUT2D eigenvalue weighted by Crippen LogP contribution is 2.24. The van der Waals surface area contributed by atoms with E-state index < -0.39 is 11.7 Å². The van der Waals surface area contributed by atoms with Gasteiger partial charge in [-0.05, 0) is 30.3 Å². The van der Waals surface area contributed by atoms with Crippen LogP contribution in [0.25, 0.3) is 0 Å². The summed E-state index contributed by atoms with van der Waals surface area (Å²) >= 11 is 11.4. The topological polar surface area (TPSA) is 55.1 Å². The predicted molar refractivity (Wildman–Crippen MR) is 75.2 cm³/mol. The molecule has 19 heavy (non-hydrogen) atoms. The Morgan fingerprint density at radius 3 is 2.58 bits per heavy atom. The lowest BCUT2D eigenvalue weighted by Crippen LogP contribution is -2.14. The summed E-state index contributed by atoms with van der Waals surface area (Å²) in [6.07, 6.45) is 0. The number of halogens is 3. The monoisotopic (exact) mass is 298 g/mol. The van der Waals surface area contributed by atoms with Gasteiger partial charge in [-0.3, -0.25) is 4.79 Å². The molecule has 0 saturated heterocycles. The van der Waals surface area contributed by atoms with Crippen molar-refractivity contribution in [3.63, 3.8) is 0 Å². The van der Waals surface area contributed by atoms with Crippen LogP contribution in [0.3, 0.4) is 0 Å². The molecule has 0 aliphatic rings. The van der Waals surface area contributed by atoms with Gasteiger partial charge in [0.15, 0.2) is 5.82 Å². The van der Waals surface area contributed by atoms with Crippen molar-refractivity contribution in [1.29, 1.82) is 0 Å². The Kier molecular flexibility index (Phi) is 3.93. The third kappa shape index (κ3) is 2.97. The lowest BCUT2D eigenvalue weighted by molar-refractivity contribution is 0.102. The Balaban J connectivity index is 2.26. The molecular weight excluding hydrogens is 290 g/mol. The smallest absolute Gasteiger partial charge is 0.258 e. The predicted octanol–water partition coefficient (Wildman–Crippen LogP) is 3.97. The number of amides is 1. The van der Waals surface area contributed by atoms with Crippen LogP contribution >= 0.6 is 23.2 Å². The van der Waals surface area contributed by atoms with E-state index in [4.69, 9.17) is 28.9 Å². The summed E-state index contributed by atoms with van der Waals surface area (Å²) in [4.78, 5) is 11.9. The van der Waals surface area contributed by atoms with Gasteiger partial charge in [0.2, 0.25) is 0 Å². The molecule has 0 unspecified atom stereocenters. The molecule has 0 fully saturated rings. The Hall–Kier alpha value is -1.78. The first kappa shape index (κ1) is 13.6. The van der Waals surface area contributed by atoms with Crippen LogP contribution in [0.5, 0.6) is 0 Å². The Morgan fingerprint density at radius 2 is 1.89 bits per heavy atom. The molecule has 6 heteroatoms. The van der Waals surface area contributed by atoms with E-state index >= 15 is 0 Å². The molecule has 0 aliphatic carbocycles. The number of anilines is 2. The molecular formula is C13H9Cl2FN2O. The Labute approximate surface area is 119 Å². The number of rotatable bonds is 2. The molecule has 3 N–H and O–H groups in total. The summed E-state index contributed by atoms with van der Waals surface area (Å²) in [7, 11) is 0. The number of benzene rings is 2. The van der Waals surface area contributed by atoms with Crippen molar-refractivity contribution >= 4 is 40.5 Å². The average molecular weight is 299 g/mol. The van der Waals surface area contributed by atoms with Gasteiger partial charge in [-0.25, -0.2) is 4.39 Å². The molecule has 2 aromatic carbocycles. The highest BCUT2D eigenvalue weighted by atomic mass is 35.5. The third-order valence-electron chi connectivity index (χ3n) is 2.45. The van der Waals surface area contributed by atoms with Crippen LogP contribution in [0.1, 0.15) is 10.4 Å². The van der Waals surface area contributed by atoms with E-state index in [1.807, 2.05) is 0 Å². The van der Waals surface area contributed by atoms with Crippen LogP contribution in [0, 0.1) is 5.82 Å². The Morgan fingerprint density at radius 1 is 1.16 bits per heavy atom. The van der Waals surface area contributed by atoms with Gasteiger partial charge in [-0.2, -0.15) is 0 Å². The van der Waals surface area contributed by atoms with E-state index in [2.05, 4.69) is 5.32 Å². The molecule has 0 bridgehead atoms. The molecule has 98 valence electrons. The minimum absolute atomic E-state index is 0.108. The maximum atomic E-state index is 13.7. The minimum atomic E-state index is -0.761. The first-order chi connectivity index (χ1) is 8.99. The van der Waals surface area contributed by atoms with Crippen molar-refractivity contribution in [2.75, 3.05) is 11.1 Å². The van der Waals surface area contributed by atoms with Crippen LogP contribution in [0.15, 0.2) is 36.4 Å². The van der Waals surface area contributed by atoms with Crippen molar-refractivity contribution in [3.8, 4) is 0 Å². The maximum Gasteiger partial charge on any atom is 0.258 e. The SMILES string of the molecule is Nc1ccc(NC(=O)c2cccc(Cl)c2F)cc1Cl. The largest absolute Gasteiger partial charge is 0.398 e. The fraction of sp³-hybridized carbons (Fsp3) is 0. The van der Waals surface area contributed by atoms with Gasteiger partial charge in [-0.15, -0.1) is 0 Å². The van der Waals surface area contributed by atoms with E-state index in [0.29, 0.717) is 16.4 Å². The second kappa shape index (κ2) is 5.47. The third-order valence-corrected chi connectivity index (χ3v) is 3.07. The van der Waals surface area contributed by atoms with E-state index in [-0.39, 0.29) is 10.6 Å². The van der Waals surface area contributed by atoms with E-state index in [0.717, 1.165) is 0 Å². The summed E-state index contributed by atoms with van der Waals surface area (Å²) in [5.41, 5.74) is 6.23. The van der Waals surface area contributed by atoms with Crippen LogP contribution in [0.2, 0.25) is 10.0 Å². The van der Waals surface area contributed by atoms with Gasteiger partial charge in [0.05, 0.1) is 21.3 Å². The van der Waals surface area contributed by atoms with Crippen LogP contribution in [0.4, 0.5) is 15.8 Å². The number of carbonyl (C=O) groups excluding carboxylic acids is 1. The lowest BCUT2D eigenvalue weighted by atomic mass is 10.2. The van der Waals surface area contributed by atoms with Gasteiger partial charge in [0.1, 0.15) is 0 Å². The highest BCUT2D eigenvalue weighted by molar-refractivity contribution is 6.33. The lowest BCUT2D eigenvalue weighted by Gasteiger charge is -2.08. The zero-order chi connectivity index (χ0) is 14.0. The molecule has 2 aromatic rings. The number of hydrogen-bond donors (Lipinski definition) is 2. The van der Waals surface area contributed by atoms with Crippen molar-refractivity contribution in [2.45, 2.75) is 0 Å². The van der Waals surface area contributed by atoms with Crippen molar-refractivity contribution in [2.24, 2.45) is 0 Å². The number of nitrogens with one attached hydrogen (secondary N) is 1. The second-order valence-corrected chi connectivity index (χ2v) is 4.61. The van der Waals surface area contributed by atoms with Gasteiger partial charge in [0.25, 0.3) is 5.91 Å². The van der Waals surface area contributed by atoms with Crippen LogP contribution in [-0.2, 0) is 0 Å². The second-order valence-electron chi connectivity index (χ2n) is 3.79. The average Bonchev–Trinajstić information content (AvgIpc) is 2.37. The molecule has 3 nitrogen and oxygen atoms in total. The van der Waals surface area contributed by atoms with Crippen LogP contribution < -0.4 is 11.1 Å². The summed E-state index contributed by atoms with van der Waals surface area (Å²) in [5.74, 6) is -1.37. The molecule has 0 spiro atoms. The number of carbonyl (C=O) groups is 1. The quantitative estimate of drug-likeness (QED) is 0.824. The van der Waals surface area contributed by atoms with E-state index in [9.17, 15) is 9.18 Å². The van der Waals surface area contributed by atoms with Crippen LogP contribution in [-0.4, -0.2) is 5.91 Å². The first-order valence-corrected chi connectivity index (χ1v) is 6.05. The summed E-state index contributed by atoms with van der Waals surface area (Å²) < 4.78 is 13.7. The van der Waals surface area contributed by atoms with E-state index in [1.54, 1.807) is 12.1 Å². The van der Waals surface area contributed by atoms with Gasteiger partial charge in [-0.1, -0.05) is 29.3 Å². The fourth-order valence-electron chi connectivity index (χ4n) is 1.48. The number of hydrogen-bond acceptors (Lipinski definition) is 2. The molecule has 2 rings (SSSR count). The molecule has 1 amide bonds. The van der Waals surface area contributed by atoms with Gasteiger partial charge >= 0.3 is 0 Å². The molecule has 0 aliphatic heterocycles. The minimum Gasteiger partial charge on any atom is -0.398 e. The first-order valence-electron chi connectivity index (χ1n) is 5.29. The number of nitrogen functional groups attached to an aromatic ring is 1.